The molecule has 2 aromatic rings. The van der Waals surface area contributed by atoms with Gasteiger partial charge < -0.3 is 4.90 Å². The summed E-state index contributed by atoms with van der Waals surface area (Å²) in [4.78, 5) is 20.3. The molecule has 0 amide bonds. The van der Waals surface area contributed by atoms with E-state index in [1.54, 1.807) is 6.07 Å². The summed E-state index contributed by atoms with van der Waals surface area (Å²) < 4.78 is 13.5. The molecule has 0 saturated carbocycles. The highest BCUT2D eigenvalue weighted by Gasteiger charge is 2.32. The van der Waals surface area contributed by atoms with Gasteiger partial charge in [0.1, 0.15) is 18.2 Å². The molecule has 114 valence electrons. The molecule has 7 heteroatoms. The standard InChI is InChI=1S/C15H15FN4O2/c1-10-5-14(11-3-2-4-12(16)6-11)19(9-10)15-17-7-13(8-18-15)20(21)22/h2-4,6-8,10,14H,5,9H2,1H3. The number of halogens is 1. The van der Waals surface area contributed by atoms with Crippen LogP contribution in [0.3, 0.4) is 0 Å². The molecule has 0 spiro atoms. The number of aromatic nitrogens is 2. The Labute approximate surface area is 126 Å². The lowest BCUT2D eigenvalue weighted by Gasteiger charge is -2.24. The fourth-order valence-corrected chi connectivity index (χ4v) is 2.85. The molecule has 2 heterocycles. The maximum atomic E-state index is 13.5. The first-order valence-electron chi connectivity index (χ1n) is 7.03. The molecule has 0 radical (unpaired) electrons. The fourth-order valence-electron chi connectivity index (χ4n) is 2.85. The van der Waals surface area contributed by atoms with Gasteiger partial charge in [0.15, 0.2) is 0 Å². The van der Waals surface area contributed by atoms with Crippen molar-refractivity contribution in [2.75, 3.05) is 11.4 Å². The largest absolute Gasteiger partial charge is 0.333 e. The van der Waals surface area contributed by atoms with Crippen LogP contribution >= 0.6 is 0 Å². The van der Waals surface area contributed by atoms with Crippen LogP contribution in [0.4, 0.5) is 16.0 Å². The second-order valence-electron chi connectivity index (χ2n) is 5.56. The van der Waals surface area contributed by atoms with Gasteiger partial charge >= 0.3 is 5.69 Å². The summed E-state index contributed by atoms with van der Waals surface area (Å²) in [5.74, 6) is 0.567. The Morgan fingerprint density at radius 3 is 2.73 bits per heavy atom. The number of anilines is 1. The lowest BCUT2D eigenvalue weighted by Crippen LogP contribution is -2.25. The second kappa shape index (κ2) is 5.67. The molecule has 1 saturated heterocycles. The average Bonchev–Trinajstić information content (AvgIpc) is 2.89. The van der Waals surface area contributed by atoms with Crippen molar-refractivity contribution in [2.24, 2.45) is 5.92 Å². The number of rotatable bonds is 3. The smallest absolute Gasteiger partial charge is 0.305 e. The van der Waals surface area contributed by atoms with Crippen molar-refractivity contribution in [1.82, 2.24) is 9.97 Å². The highest BCUT2D eigenvalue weighted by molar-refractivity contribution is 5.40. The van der Waals surface area contributed by atoms with Gasteiger partial charge in [0, 0.05) is 6.54 Å². The monoisotopic (exact) mass is 302 g/mol. The van der Waals surface area contributed by atoms with Crippen molar-refractivity contribution < 1.29 is 9.31 Å². The van der Waals surface area contributed by atoms with Crippen molar-refractivity contribution in [3.05, 3.63) is 58.2 Å². The number of hydrogen-bond donors (Lipinski definition) is 0. The zero-order chi connectivity index (χ0) is 15.7. The van der Waals surface area contributed by atoms with Crippen molar-refractivity contribution in [1.29, 1.82) is 0 Å². The third-order valence-electron chi connectivity index (χ3n) is 3.84. The molecule has 1 aliphatic rings. The molecule has 6 nitrogen and oxygen atoms in total. The molecule has 22 heavy (non-hydrogen) atoms. The van der Waals surface area contributed by atoms with E-state index in [0.29, 0.717) is 11.9 Å². The van der Waals surface area contributed by atoms with Crippen LogP contribution < -0.4 is 4.90 Å². The Kier molecular flexibility index (Phi) is 3.70. The van der Waals surface area contributed by atoms with E-state index in [1.807, 2.05) is 11.0 Å². The summed E-state index contributed by atoms with van der Waals surface area (Å²) in [6, 6.07) is 6.47. The molecule has 1 fully saturated rings. The van der Waals surface area contributed by atoms with Crippen LogP contribution in [-0.2, 0) is 0 Å². The van der Waals surface area contributed by atoms with E-state index >= 15 is 0 Å². The molecular formula is C15H15FN4O2. The Hall–Kier alpha value is -2.57. The quantitative estimate of drug-likeness (QED) is 0.643. The molecule has 3 rings (SSSR count). The molecule has 2 atom stereocenters. The minimum absolute atomic E-state index is 0.0212. The van der Waals surface area contributed by atoms with Crippen LogP contribution in [0.5, 0.6) is 0 Å². The van der Waals surface area contributed by atoms with E-state index in [1.165, 1.54) is 24.5 Å². The highest BCUT2D eigenvalue weighted by atomic mass is 19.1. The molecule has 0 N–H and O–H groups in total. The van der Waals surface area contributed by atoms with E-state index in [4.69, 9.17) is 0 Å². The summed E-state index contributed by atoms with van der Waals surface area (Å²) >= 11 is 0. The Bertz CT molecular complexity index is 692. The SMILES string of the molecule is CC1CC(c2cccc(F)c2)N(c2ncc([N+](=O)[O-])cn2)C1. The Morgan fingerprint density at radius 2 is 2.09 bits per heavy atom. The van der Waals surface area contributed by atoms with Gasteiger partial charge in [-0.2, -0.15) is 0 Å². The fraction of sp³-hybridized carbons (Fsp3) is 0.333. The second-order valence-corrected chi connectivity index (χ2v) is 5.56. The van der Waals surface area contributed by atoms with Gasteiger partial charge in [-0.05, 0) is 30.0 Å². The summed E-state index contributed by atoms with van der Waals surface area (Å²) in [6.45, 7) is 2.84. The summed E-state index contributed by atoms with van der Waals surface area (Å²) in [6.07, 6.45) is 3.27. The topological polar surface area (TPSA) is 72.2 Å². The first kappa shape index (κ1) is 14.4. The average molecular weight is 302 g/mol. The molecule has 1 aromatic carbocycles. The minimum Gasteiger partial charge on any atom is -0.333 e. The Balaban J connectivity index is 1.92. The van der Waals surface area contributed by atoms with Gasteiger partial charge in [-0.15, -0.1) is 0 Å². The normalized spacial score (nSPS) is 21.1. The maximum absolute atomic E-state index is 13.5. The Morgan fingerprint density at radius 1 is 1.36 bits per heavy atom. The molecular weight excluding hydrogens is 287 g/mol. The predicted octanol–water partition coefficient (Wildman–Crippen LogP) is 3.11. The van der Waals surface area contributed by atoms with Crippen molar-refractivity contribution in [3.63, 3.8) is 0 Å². The van der Waals surface area contributed by atoms with Crippen LogP contribution in [0.1, 0.15) is 24.9 Å². The molecule has 2 unspecified atom stereocenters. The summed E-state index contributed by atoms with van der Waals surface area (Å²) in [5, 5.41) is 10.7. The maximum Gasteiger partial charge on any atom is 0.305 e. The third kappa shape index (κ3) is 2.74. The number of nitrogens with zero attached hydrogens (tertiary/aromatic N) is 4. The van der Waals surface area contributed by atoms with Gasteiger partial charge in [-0.3, -0.25) is 10.1 Å². The molecule has 1 aliphatic heterocycles. The lowest BCUT2D eigenvalue weighted by atomic mass is 10.0. The van der Waals surface area contributed by atoms with Gasteiger partial charge in [0.2, 0.25) is 5.95 Å². The van der Waals surface area contributed by atoms with Crippen LogP contribution in [0.25, 0.3) is 0 Å². The number of benzene rings is 1. The highest BCUT2D eigenvalue weighted by Crippen LogP contribution is 2.37. The van der Waals surface area contributed by atoms with Gasteiger partial charge in [0.25, 0.3) is 0 Å². The first-order valence-corrected chi connectivity index (χ1v) is 7.03. The molecule has 1 aromatic heterocycles. The van der Waals surface area contributed by atoms with Crippen LogP contribution in [-0.4, -0.2) is 21.4 Å². The van der Waals surface area contributed by atoms with E-state index in [2.05, 4.69) is 16.9 Å². The van der Waals surface area contributed by atoms with Gasteiger partial charge in [0.05, 0.1) is 11.0 Å². The van der Waals surface area contributed by atoms with E-state index in [9.17, 15) is 14.5 Å². The van der Waals surface area contributed by atoms with Gasteiger partial charge in [-0.25, -0.2) is 14.4 Å². The van der Waals surface area contributed by atoms with E-state index < -0.39 is 4.92 Å². The number of hydrogen-bond acceptors (Lipinski definition) is 5. The molecule has 0 bridgehead atoms. The minimum atomic E-state index is -0.527. The summed E-state index contributed by atoms with van der Waals surface area (Å²) in [5.41, 5.74) is 0.726. The predicted molar refractivity (Wildman–Crippen MR) is 79.0 cm³/mol. The zero-order valence-corrected chi connectivity index (χ0v) is 12.0. The lowest BCUT2D eigenvalue weighted by molar-refractivity contribution is -0.385. The van der Waals surface area contributed by atoms with Crippen molar-refractivity contribution >= 4 is 11.6 Å². The van der Waals surface area contributed by atoms with E-state index in [-0.39, 0.29) is 17.5 Å². The van der Waals surface area contributed by atoms with Crippen LogP contribution in [0, 0.1) is 21.8 Å². The van der Waals surface area contributed by atoms with E-state index in [0.717, 1.165) is 18.5 Å². The first-order chi connectivity index (χ1) is 10.5. The van der Waals surface area contributed by atoms with Crippen molar-refractivity contribution in [2.45, 2.75) is 19.4 Å². The third-order valence-corrected chi connectivity index (χ3v) is 3.84. The van der Waals surface area contributed by atoms with Gasteiger partial charge in [-0.1, -0.05) is 19.1 Å². The van der Waals surface area contributed by atoms with Crippen LogP contribution in [0.2, 0.25) is 0 Å². The molecule has 0 aliphatic carbocycles. The van der Waals surface area contributed by atoms with Crippen LogP contribution in [0.15, 0.2) is 36.7 Å². The summed E-state index contributed by atoms with van der Waals surface area (Å²) in [7, 11) is 0. The number of nitro groups is 1. The van der Waals surface area contributed by atoms with Crippen molar-refractivity contribution in [3.8, 4) is 0 Å². The zero-order valence-electron chi connectivity index (χ0n) is 12.0.